The molecule has 1 N–H and O–H groups in total. The Morgan fingerprint density at radius 2 is 2.09 bits per heavy atom. The Morgan fingerprint density at radius 3 is 2.65 bits per heavy atom. The monoisotopic (exact) mass is 318 g/mol. The molecule has 1 aliphatic heterocycles. The highest BCUT2D eigenvalue weighted by Crippen LogP contribution is 2.13. The second-order valence-corrected chi connectivity index (χ2v) is 6.21. The van der Waals surface area contributed by atoms with Crippen LogP contribution in [0.1, 0.15) is 47.7 Å². The molecule has 8 nitrogen and oxygen atoms in total. The summed E-state index contributed by atoms with van der Waals surface area (Å²) in [6, 6.07) is 1.78. The largest absolute Gasteiger partial charge is 0.338 e. The number of hydrogen-bond acceptors (Lipinski definition) is 6. The molecular formula is C15H22N6O2. The molecule has 1 saturated heterocycles. The molecule has 0 unspecified atom stereocenters. The molecule has 0 bridgehead atoms. The number of carbonyl (C=O) groups is 1. The van der Waals surface area contributed by atoms with Gasteiger partial charge in [-0.25, -0.2) is 0 Å². The van der Waals surface area contributed by atoms with E-state index in [1.54, 1.807) is 6.07 Å². The predicted molar refractivity (Wildman–Crippen MR) is 82.9 cm³/mol. The van der Waals surface area contributed by atoms with E-state index in [4.69, 9.17) is 4.52 Å². The summed E-state index contributed by atoms with van der Waals surface area (Å²) < 4.78 is 5.28. The lowest BCUT2D eigenvalue weighted by atomic mass is 10.2. The lowest BCUT2D eigenvalue weighted by molar-refractivity contribution is 0.0609. The van der Waals surface area contributed by atoms with E-state index in [-0.39, 0.29) is 11.8 Å². The van der Waals surface area contributed by atoms with Gasteiger partial charge >= 0.3 is 0 Å². The van der Waals surface area contributed by atoms with Crippen molar-refractivity contribution < 1.29 is 9.32 Å². The summed E-state index contributed by atoms with van der Waals surface area (Å²) in [4.78, 5) is 20.8. The molecule has 1 amide bonds. The second-order valence-electron chi connectivity index (χ2n) is 6.21. The number of amides is 1. The molecule has 0 aliphatic carbocycles. The van der Waals surface area contributed by atoms with E-state index in [0.717, 1.165) is 24.6 Å². The van der Waals surface area contributed by atoms with Gasteiger partial charge < -0.3 is 9.42 Å². The standard InChI is InChI=1S/C15H22N6O2/c1-10(2)14-16-13(23-19-14)9-20-4-6-21(7-5-20)15(22)12-8-11(3)17-18-12/h8,10H,4-7,9H2,1-3H3,(H,17,18). The highest BCUT2D eigenvalue weighted by Gasteiger charge is 2.24. The maximum absolute atomic E-state index is 12.3. The Morgan fingerprint density at radius 1 is 1.35 bits per heavy atom. The molecule has 0 saturated carbocycles. The maximum atomic E-state index is 12.3. The van der Waals surface area contributed by atoms with Crippen LogP contribution in [-0.4, -0.2) is 62.2 Å². The van der Waals surface area contributed by atoms with Crippen molar-refractivity contribution in [3.8, 4) is 0 Å². The molecule has 0 spiro atoms. The highest BCUT2D eigenvalue weighted by atomic mass is 16.5. The van der Waals surface area contributed by atoms with E-state index in [1.807, 2.05) is 25.7 Å². The quantitative estimate of drug-likeness (QED) is 0.910. The van der Waals surface area contributed by atoms with Gasteiger partial charge in [-0.2, -0.15) is 10.1 Å². The summed E-state index contributed by atoms with van der Waals surface area (Å²) in [6.45, 7) is 9.52. The number of nitrogens with zero attached hydrogens (tertiary/aromatic N) is 5. The number of carbonyl (C=O) groups excluding carboxylic acids is 1. The van der Waals surface area contributed by atoms with E-state index < -0.39 is 0 Å². The molecule has 23 heavy (non-hydrogen) atoms. The summed E-state index contributed by atoms with van der Waals surface area (Å²) in [7, 11) is 0. The van der Waals surface area contributed by atoms with Gasteiger partial charge in [-0.05, 0) is 13.0 Å². The van der Waals surface area contributed by atoms with Gasteiger partial charge in [-0.1, -0.05) is 19.0 Å². The smallest absolute Gasteiger partial charge is 0.274 e. The molecule has 3 rings (SSSR count). The van der Waals surface area contributed by atoms with Crippen LogP contribution in [0.15, 0.2) is 10.6 Å². The Hall–Kier alpha value is -2.22. The van der Waals surface area contributed by atoms with E-state index in [2.05, 4.69) is 25.2 Å². The first kappa shape index (κ1) is 15.7. The van der Waals surface area contributed by atoms with Crippen molar-refractivity contribution in [1.29, 1.82) is 0 Å². The van der Waals surface area contributed by atoms with Crippen molar-refractivity contribution in [3.63, 3.8) is 0 Å². The van der Waals surface area contributed by atoms with Crippen LogP contribution in [0.3, 0.4) is 0 Å². The van der Waals surface area contributed by atoms with E-state index in [0.29, 0.717) is 31.2 Å². The highest BCUT2D eigenvalue weighted by molar-refractivity contribution is 5.92. The average Bonchev–Trinajstić information content (AvgIpc) is 3.16. The lowest BCUT2D eigenvalue weighted by Crippen LogP contribution is -2.48. The number of hydrogen-bond donors (Lipinski definition) is 1. The number of aryl methyl sites for hydroxylation is 1. The molecule has 8 heteroatoms. The van der Waals surface area contributed by atoms with Crippen LogP contribution in [0.25, 0.3) is 0 Å². The second kappa shape index (κ2) is 6.49. The molecule has 3 heterocycles. The molecule has 124 valence electrons. The fraction of sp³-hybridized carbons (Fsp3) is 0.600. The minimum atomic E-state index is -0.0196. The Kier molecular flexibility index (Phi) is 4.42. The number of nitrogens with one attached hydrogen (secondary N) is 1. The Bertz CT molecular complexity index is 669. The van der Waals surface area contributed by atoms with E-state index >= 15 is 0 Å². The van der Waals surface area contributed by atoms with Crippen molar-refractivity contribution in [3.05, 3.63) is 29.2 Å². The lowest BCUT2D eigenvalue weighted by Gasteiger charge is -2.33. The summed E-state index contributed by atoms with van der Waals surface area (Å²) in [6.07, 6.45) is 0. The van der Waals surface area contributed by atoms with Gasteiger partial charge in [-0.3, -0.25) is 14.8 Å². The van der Waals surface area contributed by atoms with Gasteiger partial charge in [0.05, 0.1) is 6.54 Å². The van der Waals surface area contributed by atoms with Gasteiger partial charge in [0.1, 0.15) is 5.69 Å². The van der Waals surface area contributed by atoms with E-state index in [9.17, 15) is 4.79 Å². The summed E-state index contributed by atoms with van der Waals surface area (Å²) in [5.74, 6) is 1.62. The molecular weight excluding hydrogens is 296 g/mol. The van der Waals surface area contributed by atoms with Crippen molar-refractivity contribution in [1.82, 2.24) is 30.1 Å². The normalized spacial score (nSPS) is 16.3. The van der Waals surface area contributed by atoms with Crippen LogP contribution in [0.5, 0.6) is 0 Å². The van der Waals surface area contributed by atoms with Gasteiger partial charge in [-0.15, -0.1) is 0 Å². The first-order valence-electron chi connectivity index (χ1n) is 7.89. The molecule has 0 aromatic carbocycles. The van der Waals surface area contributed by atoms with E-state index in [1.165, 1.54) is 0 Å². The molecule has 0 radical (unpaired) electrons. The zero-order valence-electron chi connectivity index (χ0n) is 13.7. The molecule has 1 aliphatic rings. The molecule has 2 aromatic rings. The topological polar surface area (TPSA) is 91.2 Å². The molecule has 2 aromatic heterocycles. The van der Waals surface area contributed by atoms with Gasteiger partial charge in [0.25, 0.3) is 5.91 Å². The van der Waals surface area contributed by atoms with Crippen molar-refractivity contribution in [2.75, 3.05) is 26.2 Å². The summed E-state index contributed by atoms with van der Waals surface area (Å²) in [5.41, 5.74) is 1.37. The van der Waals surface area contributed by atoms with Crippen LogP contribution in [0.4, 0.5) is 0 Å². The summed E-state index contributed by atoms with van der Waals surface area (Å²) >= 11 is 0. The number of H-pyrrole nitrogens is 1. The first-order chi connectivity index (χ1) is 11.0. The average molecular weight is 318 g/mol. The van der Waals surface area contributed by atoms with Crippen LogP contribution in [0.2, 0.25) is 0 Å². The van der Waals surface area contributed by atoms with Crippen molar-refractivity contribution >= 4 is 5.91 Å². The van der Waals surface area contributed by atoms with Crippen LogP contribution >= 0.6 is 0 Å². The van der Waals surface area contributed by atoms with Crippen molar-refractivity contribution in [2.24, 2.45) is 0 Å². The molecule has 0 atom stereocenters. The number of rotatable bonds is 4. The first-order valence-corrected chi connectivity index (χ1v) is 7.89. The SMILES string of the molecule is Cc1cc(C(=O)N2CCN(Cc3nc(C(C)C)no3)CC2)n[nH]1. The third-order valence-corrected chi connectivity index (χ3v) is 3.94. The minimum Gasteiger partial charge on any atom is -0.338 e. The third-order valence-electron chi connectivity index (χ3n) is 3.94. The zero-order chi connectivity index (χ0) is 16.4. The summed E-state index contributed by atoms with van der Waals surface area (Å²) in [5, 5.41) is 10.8. The number of aromatic nitrogens is 4. The van der Waals surface area contributed by atoms with Crippen LogP contribution < -0.4 is 0 Å². The van der Waals surface area contributed by atoms with Crippen molar-refractivity contribution in [2.45, 2.75) is 33.2 Å². The maximum Gasteiger partial charge on any atom is 0.274 e. The van der Waals surface area contributed by atoms with Crippen LogP contribution in [-0.2, 0) is 6.54 Å². The van der Waals surface area contributed by atoms with Gasteiger partial charge in [0, 0.05) is 37.8 Å². The van der Waals surface area contributed by atoms with Gasteiger partial charge in [0.15, 0.2) is 5.82 Å². The number of piperazine rings is 1. The van der Waals surface area contributed by atoms with Crippen LogP contribution in [0, 0.1) is 6.92 Å². The molecule has 1 fully saturated rings. The Balaban J connectivity index is 1.52. The minimum absolute atomic E-state index is 0.0196. The Labute approximate surface area is 134 Å². The fourth-order valence-corrected chi connectivity index (χ4v) is 2.56. The fourth-order valence-electron chi connectivity index (χ4n) is 2.56. The zero-order valence-corrected chi connectivity index (χ0v) is 13.7. The number of aromatic amines is 1. The predicted octanol–water partition coefficient (Wildman–Crippen LogP) is 1.18. The third kappa shape index (κ3) is 3.58. The van der Waals surface area contributed by atoms with Gasteiger partial charge in [0.2, 0.25) is 5.89 Å².